The van der Waals surface area contributed by atoms with Crippen molar-refractivity contribution in [2.75, 3.05) is 6.54 Å². The van der Waals surface area contributed by atoms with Crippen LogP contribution in [-0.2, 0) is 14.4 Å². The van der Waals surface area contributed by atoms with Crippen LogP contribution in [0.4, 0.5) is 0 Å². The van der Waals surface area contributed by atoms with Gasteiger partial charge in [-0.15, -0.1) is 0 Å². The number of Topliss-reactive ketones (excluding diaryl/α,β-unsaturated/α-hetero) is 2. The van der Waals surface area contributed by atoms with Crippen molar-refractivity contribution in [1.29, 1.82) is 0 Å². The molecule has 31 heavy (non-hydrogen) atoms. The van der Waals surface area contributed by atoms with E-state index in [0.717, 1.165) is 0 Å². The van der Waals surface area contributed by atoms with Crippen LogP contribution in [0.15, 0.2) is 0 Å². The molecule has 6 heteroatoms. The third kappa shape index (κ3) is 13.0. The summed E-state index contributed by atoms with van der Waals surface area (Å²) in [5.74, 6) is 0.140. The number of ketones is 2. The molecule has 0 aromatic rings. The molecule has 0 aliphatic rings. The van der Waals surface area contributed by atoms with Gasteiger partial charge in [-0.3, -0.25) is 14.4 Å². The van der Waals surface area contributed by atoms with Crippen LogP contribution in [0.2, 0.25) is 0 Å². The molecule has 3 N–H and O–H groups in total. The largest absolute Gasteiger partial charge is 0.354 e. The van der Waals surface area contributed by atoms with E-state index in [9.17, 15) is 14.4 Å². The van der Waals surface area contributed by atoms with Crippen LogP contribution in [-0.4, -0.2) is 47.2 Å². The lowest BCUT2D eigenvalue weighted by atomic mass is 9.84. The maximum atomic E-state index is 12.8. The summed E-state index contributed by atoms with van der Waals surface area (Å²) in [5.41, 5.74) is -1.36. The van der Waals surface area contributed by atoms with Gasteiger partial charge in [-0.05, 0) is 54.4 Å². The highest BCUT2D eigenvalue weighted by Crippen LogP contribution is 2.21. The van der Waals surface area contributed by atoms with Gasteiger partial charge in [0.2, 0.25) is 5.91 Å². The van der Waals surface area contributed by atoms with Gasteiger partial charge < -0.3 is 16.0 Å². The minimum atomic E-state index is -0.493. The van der Waals surface area contributed by atoms with Crippen LogP contribution < -0.4 is 16.0 Å². The molecule has 182 valence electrons. The van der Waals surface area contributed by atoms with E-state index in [1.807, 2.05) is 83.1 Å². The second-order valence-electron chi connectivity index (χ2n) is 12.8. The lowest BCUT2D eigenvalue weighted by molar-refractivity contribution is -0.130. The van der Waals surface area contributed by atoms with Gasteiger partial charge in [0.15, 0.2) is 11.6 Å². The van der Waals surface area contributed by atoms with E-state index >= 15 is 0 Å². The normalized spacial score (nSPS) is 15.4. The topological polar surface area (TPSA) is 87.3 Å². The molecule has 2 unspecified atom stereocenters. The Labute approximate surface area is 191 Å². The summed E-state index contributed by atoms with van der Waals surface area (Å²) >= 11 is 0. The first-order valence-corrected chi connectivity index (χ1v) is 11.5. The molecule has 0 aliphatic carbocycles. The third-order valence-corrected chi connectivity index (χ3v) is 4.73. The van der Waals surface area contributed by atoms with Crippen molar-refractivity contribution in [3.05, 3.63) is 0 Å². The predicted molar refractivity (Wildman–Crippen MR) is 129 cm³/mol. The lowest BCUT2D eigenvalue weighted by Crippen LogP contribution is -2.55. The van der Waals surface area contributed by atoms with E-state index in [-0.39, 0.29) is 41.1 Å². The number of carbonyl (C=O) groups is 3. The van der Waals surface area contributed by atoms with Crippen molar-refractivity contribution in [3.8, 4) is 0 Å². The maximum Gasteiger partial charge on any atom is 0.220 e. The van der Waals surface area contributed by atoms with Gasteiger partial charge in [-0.1, -0.05) is 41.5 Å². The summed E-state index contributed by atoms with van der Waals surface area (Å²) in [6.07, 6.45) is 1.53. The fraction of sp³-hybridized carbons (Fsp3) is 0.880. The molecule has 6 nitrogen and oxygen atoms in total. The third-order valence-electron chi connectivity index (χ3n) is 4.73. The average Bonchev–Trinajstić information content (AvgIpc) is 2.52. The molecular weight excluding hydrogens is 390 g/mol. The van der Waals surface area contributed by atoms with Gasteiger partial charge in [0, 0.05) is 34.9 Å². The zero-order valence-corrected chi connectivity index (χ0v) is 22.2. The van der Waals surface area contributed by atoms with Crippen LogP contribution in [0.1, 0.15) is 102 Å². The number of carbonyl (C=O) groups excluding carboxylic acids is 3. The van der Waals surface area contributed by atoms with Gasteiger partial charge in [-0.25, -0.2) is 0 Å². The summed E-state index contributed by atoms with van der Waals surface area (Å²) in [6.45, 7) is 23.8. The van der Waals surface area contributed by atoms with E-state index in [2.05, 4.69) is 16.0 Å². The number of hydrogen-bond acceptors (Lipinski definition) is 5. The summed E-state index contributed by atoms with van der Waals surface area (Å²) in [4.78, 5) is 38.1. The van der Waals surface area contributed by atoms with E-state index in [4.69, 9.17) is 0 Å². The van der Waals surface area contributed by atoms with Crippen molar-refractivity contribution in [1.82, 2.24) is 16.0 Å². The van der Waals surface area contributed by atoms with Crippen molar-refractivity contribution >= 4 is 17.5 Å². The van der Waals surface area contributed by atoms with E-state index in [1.165, 1.54) is 0 Å². The molecule has 1 amide bonds. The molecule has 0 aromatic carbocycles. The second-order valence-corrected chi connectivity index (χ2v) is 12.8. The zero-order chi connectivity index (χ0) is 24.8. The minimum absolute atomic E-state index is 0.0768. The first kappa shape index (κ1) is 29.7. The Morgan fingerprint density at radius 1 is 0.645 bits per heavy atom. The van der Waals surface area contributed by atoms with Crippen LogP contribution in [0.25, 0.3) is 0 Å². The Morgan fingerprint density at radius 2 is 1.03 bits per heavy atom. The number of hydrogen-bond donors (Lipinski definition) is 3. The van der Waals surface area contributed by atoms with Crippen molar-refractivity contribution < 1.29 is 14.4 Å². The molecular formula is C25H49N3O3. The molecule has 0 heterocycles. The van der Waals surface area contributed by atoms with Crippen LogP contribution in [0.3, 0.4) is 0 Å². The lowest BCUT2D eigenvalue weighted by Gasteiger charge is -2.32. The van der Waals surface area contributed by atoms with E-state index < -0.39 is 16.9 Å². The smallest absolute Gasteiger partial charge is 0.220 e. The van der Waals surface area contributed by atoms with Gasteiger partial charge >= 0.3 is 0 Å². The second kappa shape index (κ2) is 11.0. The molecule has 0 saturated heterocycles. The maximum absolute atomic E-state index is 12.8. The molecule has 0 rings (SSSR count). The van der Waals surface area contributed by atoms with Gasteiger partial charge in [0.1, 0.15) is 0 Å². The first-order chi connectivity index (χ1) is 13.6. The predicted octanol–water partition coefficient (Wildman–Crippen LogP) is 4.02. The quantitative estimate of drug-likeness (QED) is 0.479. The molecule has 0 bridgehead atoms. The zero-order valence-electron chi connectivity index (χ0n) is 22.2. The number of nitrogens with one attached hydrogen (secondary N) is 3. The minimum Gasteiger partial charge on any atom is -0.354 e. The number of rotatable bonds is 10. The van der Waals surface area contributed by atoms with Crippen LogP contribution in [0.5, 0.6) is 0 Å². The van der Waals surface area contributed by atoms with Gasteiger partial charge in [0.05, 0.1) is 12.1 Å². The highest BCUT2D eigenvalue weighted by molar-refractivity contribution is 5.90. The summed E-state index contributed by atoms with van der Waals surface area (Å²) in [5, 5.41) is 9.65. The van der Waals surface area contributed by atoms with Crippen LogP contribution in [0, 0.1) is 10.8 Å². The molecule has 0 radical (unpaired) electrons. The van der Waals surface area contributed by atoms with Crippen molar-refractivity contribution in [2.24, 2.45) is 10.8 Å². The standard InChI is InChI=1S/C25H49N3O3/c1-22(2,3)20(30)17(27-24(7,8)9)14-13-15-19(29)26-16-18(28-25(10,11)12)21(31)23(4,5)6/h17-18,27-28H,13-16H2,1-12H3,(H,26,29). The van der Waals surface area contributed by atoms with E-state index in [0.29, 0.717) is 19.3 Å². The molecule has 2 atom stereocenters. The Balaban J connectivity index is 4.91. The fourth-order valence-corrected chi connectivity index (χ4v) is 3.34. The summed E-state index contributed by atoms with van der Waals surface area (Å²) in [6, 6.07) is -0.729. The van der Waals surface area contributed by atoms with Gasteiger partial charge in [0.25, 0.3) is 0 Å². The Bertz CT molecular complexity index is 614. The fourth-order valence-electron chi connectivity index (χ4n) is 3.34. The van der Waals surface area contributed by atoms with E-state index in [1.54, 1.807) is 0 Å². The van der Waals surface area contributed by atoms with Gasteiger partial charge in [-0.2, -0.15) is 0 Å². The Hall–Kier alpha value is -1.27. The molecule has 0 saturated carbocycles. The van der Waals surface area contributed by atoms with Crippen molar-refractivity contribution in [3.63, 3.8) is 0 Å². The average molecular weight is 440 g/mol. The highest BCUT2D eigenvalue weighted by atomic mass is 16.2. The molecule has 0 aliphatic heterocycles. The summed E-state index contributed by atoms with van der Waals surface area (Å²) < 4.78 is 0. The highest BCUT2D eigenvalue weighted by Gasteiger charge is 2.33. The Morgan fingerprint density at radius 3 is 1.42 bits per heavy atom. The first-order valence-electron chi connectivity index (χ1n) is 11.5. The SMILES string of the molecule is CC(C)(C)NC(CCCC(=O)NCC(NC(C)(C)C)C(=O)C(C)(C)C)C(=O)C(C)(C)C. The number of amides is 1. The Kier molecular flexibility index (Phi) is 10.6. The summed E-state index contributed by atoms with van der Waals surface area (Å²) in [7, 11) is 0. The van der Waals surface area contributed by atoms with Crippen LogP contribution >= 0.6 is 0 Å². The monoisotopic (exact) mass is 439 g/mol. The van der Waals surface area contributed by atoms with Crippen molar-refractivity contribution in [2.45, 2.75) is 126 Å². The molecule has 0 aromatic heterocycles. The molecule has 0 spiro atoms. The molecule has 0 fully saturated rings.